The summed E-state index contributed by atoms with van der Waals surface area (Å²) in [6.45, 7) is 0.0208. The van der Waals surface area contributed by atoms with Crippen molar-refractivity contribution in [2.24, 2.45) is 5.73 Å². The van der Waals surface area contributed by atoms with Crippen molar-refractivity contribution in [3.63, 3.8) is 0 Å². The molecular formula is C11H10ClN3O. The first-order valence-electron chi connectivity index (χ1n) is 4.74. The average Bonchev–Trinajstić information content (AvgIpc) is 2.75. The maximum atomic E-state index is 11.3. The fraction of sp³-hybridized carbons (Fsp3) is 0.0909. The van der Waals surface area contributed by atoms with Crippen LogP contribution in [0.3, 0.4) is 0 Å². The summed E-state index contributed by atoms with van der Waals surface area (Å²) in [5, 5.41) is 4.63. The maximum Gasteiger partial charge on any atom is 0.176 e. The molecule has 0 atom stereocenters. The van der Waals surface area contributed by atoms with E-state index in [0.717, 1.165) is 5.69 Å². The summed E-state index contributed by atoms with van der Waals surface area (Å²) < 4.78 is 1.64. The van der Waals surface area contributed by atoms with Crippen molar-refractivity contribution < 1.29 is 4.79 Å². The number of carbonyl (C=O) groups is 1. The largest absolute Gasteiger partial charge is 0.324 e. The fourth-order valence-electron chi connectivity index (χ4n) is 1.36. The number of halogens is 1. The molecule has 0 bridgehead atoms. The van der Waals surface area contributed by atoms with E-state index in [1.807, 2.05) is 0 Å². The van der Waals surface area contributed by atoms with Crippen LogP contribution >= 0.6 is 11.6 Å². The van der Waals surface area contributed by atoms with Crippen LogP contribution in [0.15, 0.2) is 36.7 Å². The quantitative estimate of drug-likeness (QED) is 0.824. The van der Waals surface area contributed by atoms with Crippen molar-refractivity contribution in [2.45, 2.75) is 0 Å². The van der Waals surface area contributed by atoms with E-state index in [1.54, 1.807) is 41.3 Å². The van der Waals surface area contributed by atoms with Crippen LogP contribution in [0.5, 0.6) is 0 Å². The lowest BCUT2D eigenvalue weighted by Gasteiger charge is -2.02. The summed E-state index contributed by atoms with van der Waals surface area (Å²) >= 11 is 5.76. The zero-order valence-corrected chi connectivity index (χ0v) is 9.19. The van der Waals surface area contributed by atoms with E-state index in [2.05, 4.69) is 5.10 Å². The van der Waals surface area contributed by atoms with E-state index in [4.69, 9.17) is 17.3 Å². The molecule has 2 aromatic rings. The van der Waals surface area contributed by atoms with Crippen LogP contribution in [0.1, 0.15) is 10.4 Å². The second-order valence-corrected chi connectivity index (χ2v) is 3.71. The molecule has 0 aliphatic rings. The van der Waals surface area contributed by atoms with Crippen molar-refractivity contribution >= 4 is 17.4 Å². The highest BCUT2D eigenvalue weighted by atomic mass is 35.5. The summed E-state index contributed by atoms with van der Waals surface area (Å²) in [6, 6.07) is 7.04. The van der Waals surface area contributed by atoms with E-state index in [9.17, 15) is 4.79 Å². The Balaban J connectivity index is 2.29. The minimum absolute atomic E-state index is 0.0208. The molecule has 0 aliphatic heterocycles. The van der Waals surface area contributed by atoms with Crippen molar-refractivity contribution in [3.05, 3.63) is 47.2 Å². The molecule has 0 saturated carbocycles. The van der Waals surface area contributed by atoms with Gasteiger partial charge in [0.2, 0.25) is 0 Å². The molecule has 0 fully saturated rings. The zero-order valence-electron chi connectivity index (χ0n) is 8.43. The van der Waals surface area contributed by atoms with Gasteiger partial charge in [-0.3, -0.25) is 4.79 Å². The first kappa shape index (κ1) is 10.9. The molecule has 2 rings (SSSR count). The van der Waals surface area contributed by atoms with Gasteiger partial charge in [-0.25, -0.2) is 4.68 Å². The Morgan fingerprint density at radius 1 is 1.38 bits per heavy atom. The number of rotatable bonds is 3. The van der Waals surface area contributed by atoms with Crippen molar-refractivity contribution in [2.75, 3.05) is 6.54 Å². The lowest BCUT2D eigenvalue weighted by Crippen LogP contribution is -2.13. The number of hydrogen-bond acceptors (Lipinski definition) is 3. The number of Topliss-reactive ketones (excluding diaryl/α,β-unsaturated/α-hetero) is 1. The first-order valence-corrected chi connectivity index (χ1v) is 5.12. The van der Waals surface area contributed by atoms with Gasteiger partial charge in [0.05, 0.1) is 23.5 Å². The summed E-state index contributed by atoms with van der Waals surface area (Å²) in [6.07, 6.45) is 3.25. The number of aromatic nitrogens is 2. The van der Waals surface area contributed by atoms with Gasteiger partial charge in [0.15, 0.2) is 5.78 Å². The van der Waals surface area contributed by atoms with E-state index in [0.29, 0.717) is 10.6 Å². The van der Waals surface area contributed by atoms with Gasteiger partial charge in [-0.2, -0.15) is 5.10 Å². The van der Waals surface area contributed by atoms with Crippen LogP contribution in [0.2, 0.25) is 5.02 Å². The van der Waals surface area contributed by atoms with Gasteiger partial charge < -0.3 is 5.73 Å². The molecule has 0 aliphatic carbocycles. The maximum absolute atomic E-state index is 11.3. The minimum Gasteiger partial charge on any atom is -0.324 e. The molecule has 1 aromatic heterocycles. The molecule has 0 amide bonds. The van der Waals surface area contributed by atoms with Gasteiger partial charge in [0, 0.05) is 11.8 Å². The Morgan fingerprint density at radius 2 is 2.06 bits per heavy atom. The predicted octanol–water partition coefficient (Wildman–Crippen LogP) is 1.67. The monoisotopic (exact) mass is 235 g/mol. The molecule has 1 heterocycles. The smallest absolute Gasteiger partial charge is 0.176 e. The molecule has 4 nitrogen and oxygen atoms in total. The van der Waals surface area contributed by atoms with Crippen LogP contribution in [-0.2, 0) is 0 Å². The van der Waals surface area contributed by atoms with E-state index in [1.165, 1.54) is 0 Å². The van der Waals surface area contributed by atoms with E-state index in [-0.39, 0.29) is 12.3 Å². The highest BCUT2D eigenvalue weighted by Crippen LogP contribution is 2.12. The number of nitrogens with two attached hydrogens (primary N) is 1. The van der Waals surface area contributed by atoms with Crippen molar-refractivity contribution in [1.29, 1.82) is 0 Å². The van der Waals surface area contributed by atoms with E-state index >= 15 is 0 Å². The van der Waals surface area contributed by atoms with Crippen molar-refractivity contribution in [3.8, 4) is 5.69 Å². The molecule has 0 spiro atoms. The standard InChI is InChI=1S/C11H10ClN3O/c12-9-6-14-15(7-9)10-3-1-8(2-4-10)11(16)5-13/h1-4,6-7H,5,13H2. The third-order valence-electron chi connectivity index (χ3n) is 2.19. The van der Waals surface area contributed by atoms with Crippen LogP contribution in [0, 0.1) is 0 Å². The second-order valence-electron chi connectivity index (χ2n) is 3.28. The lowest BCUT2D eigenvalue weighted by molar-refractivity contribution is 0.100. The first-order chi connectivity index (χ1) is 7.70. The van der Waals surface area contributed by atoms with Gasteiger partial charge in [0.1, 0.15) is 0 Å². The van der Waals surface area contributed by atoms with Crippen LogP contribution in [0.4, 0.5) is 0 Å². The Kier molecular flexibility index (Phi) is 3.03. The molecule has 82 valence electrons. The van der Waals surface area contributed by atoms with Gasteiger partial charge >= 0.3 is 0 Å². The summed E-state index contributed by atoms with van der Waals surface area (Å²) in [4.78, 5) is 11.3. The lowest BCUT2D eigenvalue weighted by atomic mass is 10.1. The molecule has 2 N–H and O–H groups in total. The number of nitrogens with zero attached hydrogens (tertiary/aromatic N) is 2. The summed E-state index contributed by atoms with van der Waals surface area (Å²) in [7, 11) is 0. The van der Waals surface area contributed by atoms with Gasteiger partial charge in [0.25, 0.3) is 0 Å². The third kappa shape index (κ3) is 2.13. The highest BCUT2D eigenvalue weighted by Gasteiger charge is 2.04. The Labute approximate surface area is 97.6 Å². The molecule has 1 aromatic carbocycles. The average molecular weight is 236 g/mol. The third-order valence-corrected chi connectivity index (χ3v) is 2.39. The number of ketones is 1. The minimum atomic E-state index is -0.0787. The summed E-state index contributed by atoms with van der Waals surface area (Å²) in [5.41, 5.74) is 6.72. The van der Waals surface area contributed by atoms with E-state index < -0.39 is 0 Å². The Hall–Kier alpha value is -1.65. The SMILES string of the molecule is NCC(=O)c1ccc(-n2cc(Cl)cn2)cc1. The number of hydrogen-bond donors (Lipinski definition) is 1. The van der Waals surface area contributed by atoms with Crippen molar-refractivity contribution in [1.82, 2.24) is 9.78 Å². The number of carbonyl (C=O) groups excluding carboxylic acids is 1. The number of benzene rings is 1. The molecule has 0 radical (unpaired) electrons. The van der Waals surface area contributed by atoms with Gasteiger partial charge in [-0.15, -0.1) is 0 Å². The van der Waals surface area contributed by atoms with Crippen LogP contribution in [-0.4, -0.2) is 22.1 Å². The predicted molar refractivity (Wildman–Crippen MR) is 62.0 cm³/mol. The zero-order chi connectivity index (χ0) is 11.5. The highest BCUT2D eigenvalue weighted by molar-refractivity contribution is 6.30. The van der Waals surface area contributed by atoms with Gasteiger partial charge in [-0.05, 0) is 24.3 Å². The molecule has 16 heavy (non-hydrogen) atoms. The molecule has 0 saturated heterocycles. The molecule has 0 unspecified atom stereocenters. The second kappa shape index (κ2) is 4.47. The van der Waals surface area contributed by atoms with Gasteiger partial charge in [-0.1, -0.05) is 11.6 Å². The Bertz CT molecular complexity index is 504. The molecular weight excluding hydrogens is 226 g/mol. The Morgan fingerprint density at radius 3 is 2.56 bits per heavy atom. The topological polar surface area (TPSA) is 60.9 Å². The van der Waals surface area contributed by atoms with Crippen LogP contribution in [0.25, 0.3) is 5.69 Å². The normalized spacial score (nSPS) is 10.4. The molecule has 5 heteroatoms. The summed E-state index contributed by atoms with van der Waals surface area (Å²) in [5.74, 6) is -0.0787. The van der Waals surface area contributed by atoms with Crippen LogP contribution < -0.4 is 5.73 Å². The fourth-order valence-corrected chi connectivity index (χ4v) is 1.50.